The number of amides is 1. The molecule has 0 bridgehead atoms. The van der Waals surface area contributed by atoms with Crippen LogP contribution in [0.1, 0.15) is 19.8 Å². The van der Waals surface area contributed by atoms with Gasteiger partial charge in [0.05, 0.1) is 5.60 Å². The highest BCUT2D eigenvalue weighted by atomic mass is 16.5. The Bertz CT molecular complexity index is 279. The predicted octanol–water partition coefficient (Wildman–Crippen LogP) is -0.425. The molecule has 0 radical (unpaired) electrons. The number of likely N-dealkylation sites (tertiary alicyclic amines) is 1. The monoisotopic (exact) mass is 241 g/mol. The van der Waals surface area contributed by atoms with Crippen LogP contribution in [-0.4, -0.2) is 62.3 Å². The van der Waals surface area contributed by atoms with E-state index in [1.54, 1.807) is 0 Å². The van der Waals surface area contributed by atoms with Gasteiger partial charge in [-0.2, -0.15) is 0 Å². The first-order chi connectivity index (χ1) is 8.09. The number of carbonyl (C=O) groups excluding carboxylic acids is 1. The Kier molecular flexibility index (Phi) is 4.01. The zero-order chi connectivity index (χ0) is 12.3. The molecule has 17 heavy (non-hydrogen) atoms. The maximum absolute atomic E-state index is 11.6. The zero-order valence-electron chi connectivity index (χ0n) is 10.8. The fourth-order valence-electron chi connectivity index (χ4n) is 2.34. The van der Waals surface area contributed by atoms with E-state index >= 15 is 0 Å². The van der Waals surface area contributed by atoms with Gasteiger partial charge in [0, 0.05) is 25.7 Å². The van der Waals surface area contributed by atoms with Crippen LogP contribution in [0.4, 0.5) is 0 Å². The molecule has 5 nitrogen and oxygen atoms in total. The first-order valence-electron chi connectivity index (χ1n) is 6.41. The second-order valence-electron chi connectivity index (χ2n) is 5.42. The highest BCUT2D eigenvalue weighted by Crippen LogP contribution is 2.15. The molecule has 0 spiro atoms. The van der Waals surface area contributed by atoms with Gasteiger partial charge in [0.2, 0.25) is 5.91 Å². The number of nitrogens with zero attached hydrogens (tertiary/aromatic N) is 1. The normalized spacial score (nSPS) is 27.8. The summed E-state index contributed by atoms with van der Waals surface area (Å²) in [7, 11) is 2.11. The van der Waals surface area contributed by atoms with Gasteiger partial charge >= 0.3 is 0 Å². The van der Waals surface area contributed by atoms with Crippen molar-refractivity contribution < 1.29 is 9.53 Å². The van der Waals surface area contributed by atoms with Gasteiger partial charge in [-0.15, -0.1) is 0 Å². The van der Waals surface area contributed by atoms with Crippen LogP contribution in [0.5, 0.6) is 0 Å². The van der Waals surface area contributed by atoms with Gasteiger partial charge in [-0.05, 0) is 33.4 Å². The molecule has 0 aliphatic carbocycles. The van der Waals surface area contributed by atoms with Crippen LogP contribution >= 0.6 is 0 Å². The smallest absolute Gasteiger partial charge is 0.246 e. The lowest BCUT2D eigenvalue weighted by Gasteiger charge is -2.38. The molecule has 0 aromatic rings. The average Bonchev–Trinajstić information content (AvgIpc) is 2.67. The lowest BCUT2D eigenvalue weighted by atomic mass is 10.0. The van der Waals surface area contributed by atoms with Crippen molar-refractivity contribution in [3.63, 3.8) is 0 Å². The Morgan fingerprint density at radius 3 is 2.88 bits per heavy atom. The Morgan fingerprint density at radius 2 is 2.35 bits per heavy atom. The van der Waals surface area contributed by atoms with E-state index in [-0.39, 0.29) is 18.1 Å². The number of carbonyl (C=O) groups is 1. The standard InChI is InChI=1S/C12H23N3O2/c1-12(8-13-9-12)17-7-11(16)14-6-10-4-3-5-15(10)2/h10,13H,3-9H2,1-2H3,(H,14,16). The number of hydrogen-bond donors (Lipinski definition) is 2. The molecule has 5 heteroatoms. The van der Waals surface area contributed by atoms with Crippen molar-refractivity contribution in [3.05, 3.63) is 0 Å². The minimum atomic E-state index is -0.137. The highest BCUT2D eigenvalue weighted by Gasteiger charge is 2.33. The number of ether oxygens (including phenoxy) is 1. The summed E-state index contributed by atoms with van der Waals surface area (Å²) in [5, 5.41) is 6.09. The molecular formula is C12H23N3O2. The van der Waals surface area contributed by atoms with Gasteiger partial charge in [0.15, 0.2) is 0 Å². The summed E-state index contributed by atoms with van der Waals surface area (Å²) in [6.07, 6.45) is 2.41. The number of likely N-dealkylation sites (N-methyl/N-ethyl adjacent to an activating group) is 1. The van der Waals surface area contributed by atoms with E-state index in [1.807, 2.05) is 6.92 Å². The van der Waals surface area contributed by atoms with E-state index in [0.29, 0.717) is 6.04 Å². The minimum absolute atomic E-state index is 0.00146. The maximum Gasteiger partial charge on any atom is 0.246 e. The number of rotatable bonds is 5. The number of nitrogens with one attached hydrogen (secondary N) is 2. The molecule has 2 aliphatic heterocycles. The van der Waals surface area contributed by atoms with Crippen molar-refractivity contribution in [1.82, 2.24) is 15.5 Å². The van der Waals surface area contributed by atoms with Crippen molar-refractivity contribution in [2.75, 3.05) is 39.8 Å². The molecule has 1 unspecified atom stereocenters. The predicted molar refractivity (Wildman–Crippen MR) is 65.9 cm³/mol. The zero-order valence-corrected chi connectivity index (χ0v) is 10.8. The maximum atomic E-state index is 11.6. The summed E-state index contributed by atoms with van der Waals surface area (Å²) in [5.41, 5.74) is -0.137. The minimum Gasteiger partial charge on any atom is -0.363 e. The Hall–Kier alpha value is -0.650. The third kappa shape index (κ3) is 3.40. The summed E-state index contributed by atoms with van der Waals surface area (Å²) < 4.78 is 5.58. The second kappa shape index (κ2) is 5.33. The Morgan fingerprint density at radius 1 is 1.59 bits per heavy atom. The summed E-state index contributed by atoms with van der Waals surface area (Å²) >= 11 is 0. The second-order valence-corrected chi connectivity index (χ2v) is 5.42. The third-order valence-corrected chi connectivity index (χ3v) is 3.76. The molecule has 2 aliphatic rings. The van der Waals surface area contributed by atoms with E-state index in [0.717, 1.165) is 26.2 Å². The third-order valence-electron chi connectivity index (χ3n) is 3.76. The lowest BCUT2D eigenvalue weighted by Crippen LogP contribution is -2.59. The van der Waals surface area contributed by atoms with Gasteiger partial charge in [-0.25, -0.2) is 0 Å². The molecule has 2 saturated heterocycles. The van der Waals surface area contributed by atoms with Crippen molar-refractivity contribution in [2.45, 2.75) is 31.4 Å². The van der Waals surface area contributed by atoms with Crippen LogP contribution in [0.2, 0.25) is 0 Å². The molecule has 98 valence electrons. The Balaban J connectivity index is 1.60. The van der Waals surface area contributed by atoms with E-state index in [2.05, 4.69) is 22.6 Å². The summed E-state index contributed by atoms with van der Waals surface area (Å²) in [6.45, 7) is 5.77. The molecule has 0 aromatic carbocycles. The molecule has 0 saturated carbocycles. The van der Waals surface area contributed by atoms with E-state index in [1.165, 1.54) is 12.8 Å². The van der Waals surface area contributed by atoms with Crippen molar-refractivity contribution >= 4 is 5.91 Å². The van der Waals surface area contributed by atoms with Crippen LogP contribution < -0.4 is 10.6 Å². The summed E-state index contributed by atoms with van der Waals surface area (Å²) in [6, 6.07) is 0.500. The molecule has 2 rings (SSSR count). The molecule has 1 amide bonds. The lowest BCUT2D eigenvalue weighted by molar-refractivity contribution is -0.136. The largest absolute Gasteiger partial charge is 0.363 e. The van der Waals surface area contributed by atoms with Gasteiger partial charge in [0.1, 0.15) is 6.61 Å². The van der Waals surface area contributed by atoms with Crippen LogP contribution in [0.15, 0.2) is 0 Å². The fraction of sp³-hybridized carbons (Fsp3) is 0.917. The average molecular weight is 241 g/mol. The topological polar surface area (TPSA) is 53.6 Å². The first-order valence-corrected chi connectivity index (χ1v) is 6.41. The Labute approximate surface area is 103 Å². The fourth-order valence-corrected chi connectivity index (χ4v) is 2.34. The summed E-state index contributed by atoms with van der Waals surface area (Å²) in [4.78, 5) is 13.9. The SMILES string of the molecule is CN1CCCC1CNC(=O)COC1(C)CNC1. The highest BCUT2D eigenvalue weighted by molar-refractivity contribution is 5.77. The molecule has 0 aromatic heterocycles. The first kappa shape index (κ1) is 12.8. The van der Waals surface area contributed by atoms with Crippen molar-refractivity contribution in [3.8, 4) is 0 Å². The van der Waals surface area contributed by atoms with E-state index < -0.39 is 0 Å². The van der Waals surface area contributed by atoms with Crippen LogP contribution in [0.25, 0.3) is 0 Å². The molecular weight excluding hydrogens is 218 g/mol. The quantitative estimate of drug-likeness (QED) is 0.686. The molecule has 2 N–H and O–H groups in total. The summed E-state index contributed by atoms with van der Waals surface area (Å²) in [5.74, 6) is -0.00146. The van der Waals surface area contributed by atoms with Gasteiger partial charge < -0.3 is 20.3 Å². The molecule has 2 fully saturated rings. The van der Waals surface area contributed by atoms with Gasteiger partial charge in [0.25, 0.3) is 0 Å². The van der Waals surface area contributed by atoms with E-state index in [4.69, 9.17) is 4.74 Å². The van der Waals surface area contributed by atoms with Crippen molar-refractivity contribution in [1.29, 1.82) is 0 Å². The number of hydrogen-bond acceptors (Lipinski definition) is 4. The van der Waals surface area contributed by atoms with Gasteiger partial charge in [-0.1, -0.05) is 0 Å². The molecule has 2 heterocycles. The van der Waals surface area contributed by atoms with Crippen LogP contribution in [-0.2, 0) is 9.53 Å². The van der Waals surface area contributed by atoms with Crippen molar-refractivity contribution in [2.24, 2.45) is 0 Å². The van der Waals surface area contributed by atoms with E-state index in [9.17, 15) is 4.79 Å². The van der Waals surface area contributed by atoms with Gasteiger partial charge in [-0.3, -0.25) is 4.79 Å². The van der Waals surface area contributed by atoms with Crippen LogP contribution in [0, 0.1) is 0 Å². The van der Waals surface area contributed by atoms with Crippen LogP contribution in [0.3, 0.4) is 0 Å². The molecule has 1 atom stereocenters.